The predicted octanol–water partition coefficient (Wildman–Crippen LogP) is 6.02. The van der Waals surface area contributed by atoms with E-state index in [9.17, 15) is 23.5 Å². The van der Waals surface area contributed by atoms with Crippen molar-refractivity contribution in [1.29, 1.82) is 0 Å². The van der Waals surface area contributed by atoms with Gasteiger partial charge in [0.1, 0.15) is 11.6 Å². The standard InChI is InChI=1S/C35H45F2N3O3/c1-6-14-40(15-7-2)34(43)27-12-9-11-26(20-27)33(42)39-31(19-25-17-29(36)21-30(37)18-25)32(41)23-38-22-24-10-8-13-28(16-24)35(3,4)5/h8-13,16-18,20-21,31-32,38,41H,6-7,14-15,19,22-23H2,1-5H3,(H,39,42)/t31-,32+/m0/s1. The first-order valence-corrected chi connectivity index (χ1v) is 15.0. The summed E-state index contributed by atoms with van der Waals surface area (Å²) in [7, 11) is 0. The summed E-state index contributed by atoms with van der Waals surface area (Å²) in [6, 6.07) is 17.0. The summed E-state index contributed by atoms with van der Waals surface area (Å²) in [5.41, 5.74) is 3.20. The van der Waals surface area contributed by atoms with Crippen LogP contribution < -0.4 is 10.6 Å². The van der Waals surface area contributed by atoms with Crippen LogP contribution in [0.15, 0.2) is 66.7 Å². The van der Waals surface area contributed by atoms with Crippen LogP contribution in [0.2, 0.25) is 0 Å². The molecule has 232 valence electrons. The van der Waals surface area contributed by atoms with Gasteiger partial charge in [-0.25, -0.2) is 8.78 Å². The topological polar surface area (TPSA) is 81.7 Å². The van der Waals surface area contributed by atoms with Crippen LogP contribution in [0.3, 0.4) is 0 Å². The number of carbonyl (C=O) groups is 2. The Morgan fingerprint density at radius 3 is 2.12 bits per heavy atom. The van der Waals surface area contributed by atoms with Crippen molar-refractivity contribution in [3.63, 3.8) is 0 Å². The molecule has 0 heterocycles. The maximum atomic E-state index is 14.0. The van der Waals surface area contributed by atoms with Crippen molar-refractivity contribution in [2.45, 2.75) is 78.0 Å². The molecular weight excluding hydrogens is 548 g/mol. The van der Waals surface area contributed by atoms with Crippen molar-refractivity contribution in [3.05, 3.63) is 106 Å². The molecule has 6 nitrogen and oxygen atoms in total. The van der Waals surface area contributed by atoms with E-state index in [0.717, 1.165) is 24.5 Å². The van der Waals surface area contributed by atoms with Gasteiger partial charge in [0, 0.05) is 43.4 Å². The number of halogens is 2. The van der Waals surface area contributed by atoms with Crippen molar-refractivity contribution in [3.8, 4) is 0 Å². The number of hydrogen-bond donors (Lipinski definition) is 3. The molecule has 3 aromatic carbocycles. The molecule has 0 aromatic heterocycles. The third kappa shape index (κ3) is 10.3. The van der Waals surface area contributed by atoms with E-state index in [4.69, 9.17) is 0 Å². The van der Waals surface area contributed by atoms with E-state index in [2.05, 4.69) is 43.5 Å². The largest absolute Gasteiger partial charge is 0.390 e. The van der Waals surface area contributed by atoms with Crippen LogP contribution in [0.5, 0.6) is 0 Å². The zero-order valence-electron chi connectivity index (χ0n) is 25.9. The number of aliphatic hydroxyl groups is 1. The summed E-state index contributed by atoms with van der Waals surface area (Å²) in [5.74, 6) is -2.11. The van der Waals surface area contributed by atoms with Crippen LogP contribution in [0.1, 0.15) is 84.9 Å². The monoisotopic (exact) mass is 593 g/mol. The second-order valence-corrected chi connectivity index (χ2v) is 12.1. The van der Waals surface area contributed by atoms with E-state index in [1.807, 2.05) is 26.0 Å². The number of hydrogen-bond acceptors (Lipinski definition) is 4. The third-order valence-corrected chi connectivity index (χ3v) is 7.28. The second kappa shape index (κ2) is 15.7. The molecular formula is C35H45F2N3O3. The molecule has 0 aliphatic rings. The predicted molar refractivity (Wildman–Crippen MR) is 167 cm³/mol. The Hall–Kier alpha value is -3.62. The molecule has 0 bridgehead atoms. The number of nitrogens with zero attached hydrogens (tertiary/aromatic N) is 1. The Labute approximate surface area is 254 Å². The van der Waals surface area contributed by atoms with Gasteiger partial charge in [0.15, 0.2) is 0 Å². The molecule has 0 saturated heterocycles. The molecule has 3 aromatic rings. The number of nitrogens with one attached hydrogen (secondary N) is 2. The molecule has 43 heavy (non-hydrogen) atoms. The Bertz CT molecular complexity index is 1350. The zero-order valence-corrected chi connectivity index (χ0v) is 25.9. The van der Waals surface area contributed by atoms with Crippen LogP contribution in [0.4, 0.5) is 8.78 Å². The van der Waals surface area contributed by atoms with Gasteiger partial charge in [-0.05, 0) is 71.7 Å². The SMILES string of the molecule is CCCN(CCC)C(=O)c1cccc(C(=O)N[C@@H](Cc2cc(F)cc(F)c2)[C@H](O)CNCc2cccc(C(C)(C)C)c2)c1. The summed E-state index contributed by atoms with van der Waals surface area (Å²) in [6.07, 6.45) is 0.572. The Morgan fingerprint density at radius 2 is 1.49 bits per heavy atom. The number of rotatable bonds is 14. The molecule has 2 amide bonds. The zero-order chi connectivity index (χ0) is 31.6. The first kappa shape index (κ1) is 33.9. The second-order valence-electron chi connectivity index (χ2n) is 12.1. The third-order valence-electron chi connectivity index (χ3n) is 7.28. The van der Waals surface area contributed by atoms with Crippen molar-refractivity contribution >= 4 is 11.8 Å². The van der Waals surface area contributed by atoms with Gasteiger partial charge >= 0.3 is 0 Å². The summed E-state index contributed by atoms with van der Waals surface area (Å²) in [4.78, 5) is 28.3. The first-order chi connectivity index (χ1) is 20.4. The summed E-state index contributed by atoms with van der Waals surface area (Å²) < 4.78 is 27.9. The fourth-order valence-corrected chi connectivity index (χ4v) is 5.00. The number of carbonyl (C=O) groups excluding carboxylic acids is 2. The Kier molecular flexibility index (Phi) is 12.4. The fourth-order valence-electron chi connectivity index (χ4n) is 5.00. The highest BCUT2D eigenvalue weighted by Crippen LogP contribution is 2.23. The quantitative estimate of drug-likeness (QED) is 0.214. The fraction of sp³-hybridized carbons (Fsp3) is 0.429. The van der Waals surface area contributed by atoms with Crippen LogP contribution in [0, 0.1) is 11.6 Å². The maximum absolute atomic E-state index is 14.0. The number of amides is 2. The van der Waals surface area contributed by atoms with Crippen LogP contribution in [-0.2, 0) is 18.4 Å². The molecule has 0 aliphatic carbocycles. The van der Waals surface area contributed by atoms with E-state index < -0.39 is 29.7 Å². The molecule has 0 aliphatic heterocycles. The molecule has 0 fully saturated rings. The Balaban J connectivity index is 1.77. The molecule has 3 rings (SSSR count). The summed E-state index contributed by atoms with van der Waals surface area (Å²) in [5, 5.41) is 17.3. The molecule has 0 spiro atoms. The lowest BCUT2D eigenvalue weighted by Gasteiger charge is -2.25. The summed E-state index contributed by atoms with van der Waals surface area (Å²) >= 11 is 0. The molecule has 0 radical (unpaired) electrons. The van der Waals surface area contributed by atoms with Gasteiger partial charge in [-0.1, -0.05) is 65.0 Å². The van der Waals surface area contributed by atoms with Crippen LogP contribution >= 0.6 is 0 Å². The smallest absolute Gasteiger partial charge is 0.253 e. The van der Waals surface area contributed by atoms with Crippen molar-refractivity contribution in [1.82, 2.24) is 15.5 Å². The van der Waals surface area contributed by atoms with Crippen molar-refractivity contribution in [2.24, 2.45) is 0 Å². The van der Waals surface area contributed by atoms with Gasteiger partial charge < -0.3 is 20.6 Å². The molecule has 0 saturated carbocycles. The van der Waals surface area contributed by atoms with Crippen molar-refractivity contribution in [2.75, 3.05) is 19.6 Å². The van der Waals surface area contributed by atoms with E-state index >= 15 is 0 Å². The van der Waals surface area contributed by atoms with Crippen LogP contribution in [-0.4, -0.2) is 53.6 Å². The Morgan fingerprint density at radius 1 is 0.860 bits per heavy atom. The minimum Gasteiger partial charge on any atom is -0.390 e. The van der Waals surface area contributed by atoms with Crippen LogP contribution in [0.25, 0.3) is 0 Å². The highest BCUT2D eigenvalue weighted by Gasteiger charge is 2.24. The average Bonchev–Trinajstić information content (AvgIpc) is 2.95. The van der Waals surface area contributed by atoms with Gasteiger partial charge in [-0.15, -0.1) is 0 Å². The lowest BCUT2D eigenvalue weighted by Crippen LogP contribution is -2.48. The van der Waals surface area contributed by atoms with Crippen molar-refractivity contribution < 1.29 is 23.5 Å². The maximum Gasteiger partial charge on any atom is 0.253 e. The normalized spacial score (nSPS) is 12.9. The minimum absolute atomic E-state index is 0.00216. The van der Waals surface area contributed by atoms with Gasteiger partial charge in [0.2, 0.25) is 0 Å². The van der Waals surface area contributed by atoms with E-state index in [1.165, 1.54) is 17.7 Å². The van der Waals surface area contributed by atoms with E-state index in [1.54, 1.807) is 29.2 Å². The minimum atomic E-state index is -1.07. The lowest BCUT2D eigenvalue weighted by atomic mass is 9.86. The number of benzene rings is 3. The molecule has 3 N–H and O–H groups in total. The first-order valence-electron chi connectivity index (χ1n) is 15.0. The van der Waals surface area contributed by atoms with E-state index in [0.29, 0.717) is 30.8 Å². The van der Waals surface area contributed by atoms with Gasteiger partial charge in [-0.3, -0.25) is 9.59 Å². The molecule has 2 atom stereocenters. The highest BCUT2D eigenvalue weighted by molar-refractivity contribution is 5.99. The number of aliphatic hydroxyl groups excluding tert-OH is 1. The van der Waals surface area contributed by atoms with E-state index in [-0.39, 0.29) is 29.9 Å². The van der Waals surface area contributed by atoms with Gasteiger partial charge in [-0.2, -0.15) is 0 Å². The lowest BCUT2D eigenvalue weighted by molar-refractivity contribution is 0.0755. The van der Waals surface area contributed by atoms with Gasteiger partial charge in [0.25, 0.3) is 11.8 Å². The molecule has 8 heteroatoms. The highest BCUT2D eigenvalue weighted by atomic mass is 19.1. The molecule has 0 unspecified atom stereocenters. The summed E-state index contributed by atoms with van der Waals surface area (Å²) in [6.45, 7) is 12.3. The average molecular weight is 594 g/mol. The van der Waals surface area contributed by atoms with Gasteiger partial charge in [0.05, 0.1) is 12.1 Å².